The number of likely N-dealkylation sites (tertiary alicyclic amines) is 1. The summed E-state index contributed by atoms with van der Waals surface area (Å²) >= 11 is 0. The van der Waals surface area contributed by atoms with Crippen LogP contribution in [0.3, 0.4) is 0 Å². The Morgan fingerprint density at radius 2 is 2.03 bits per heavy atom. The highest BCUT2D eigenvalue weighted by Gasteiger charge is 2.73. The third-order valence-electron chi connectivity index (χ3n) is 9.46. The molecular weight excluding hydrogens is 458 g/mol. The molecule has 2 aliphatic heterocycles. The van der Waals surface area contributed by atoms with Crippen molar-refractivity contribution in [3.8, 4) is 11.5 Å². The van der Waals surface area contributed by atoms with Gasteiger partial charge >= 0.3 is 5.97 Å². The molecule has 1 aromatic carbocycles. The topological polar surface area (TPSA) is 85.3 Å². The van der Waals surface area contributed by atoms with Crippen molar-refractivity contribution in [2.45, 2.75) is 107 Å². The van der Waals surface area contributed by atoms with Crippen molar-refractivity contribution < 1.29 is 28.9 Å². The van der Waals surface area contributed by atoms with Crippen LogP contribution < -0.4 is 9.47 Å². The summed E-state index contributed by atoms with van der Waals surface area (Å²) in [5.74, 6) is 1.61. The molecule has 0 amide bonds. The zero-order valence-corrected chi connectivity index (χ0v) is 21.4. The predicted octanol–water partition coefficient (Wildman–Crippen LogP) is 4.06. The Bertz CT molecular complexity index is 1040. The van der Waals surface area contributed by atoms with Crippen molar-refractivity contribution >= 4 is 11.8 Å². The molecular formula is C29H39NO6. The number of unbranched alkanes of at least 4 members (excludes halogenated alkanes) is 4. The van der Waals surface area contributed by atoms with Crippen molar-refractivity contribution in [3.05, 3.63) is 23.3 Å². The molecule has 3 aliphatic carbocycles. The van der Waals surface area contributed by atoms with Crippen molar-refractivity contribution in [1.82, 2.24) is 4.90 Å². The van der Waals surface area contributed by atoms with Gasteiger partial charge in [-0.25, -0.2) is 0 Å². The first-order valence-electron chi connectivity index (χ1n) is 14.1. The Labute approximate surface area is 213 Å². The molecule has 2 heterocycles. The van der Waals surface area contributed by atoms with Gasteiger partial charge in [0, 0.05) is 31.0 Å². The van der Waals surface area contributed by atoms with Gasteiger partial charge in [0.15, 0.2) is 23.4 Å². The Hall–Kier alpha value is -2.12. The fourth-order valence-corrected chi connectivity index (χ4v) is 7.47. The third kappa shape index (κ3) is 3.76. The van der Waals surface area contributed by atoms with Crippen molar-refractivity contribution in [1.29, 1.82) is 0 Å². The van der Waals surface area contributed by atoms with E-state index < -0.39 is 17.1 Å². The fraction of sp³-hybridized carbons (Fsp3) is 0.724. The third-order valence-corrected chi connectivity index (χ3v) is 9.46. The number of rotatable bonds is 11. The summed E-state index contributed by atoms with van der Waals surface area (Å²) in [4.78, 5) is 27.8. The van der Waals surface area contributed by atoms with Gasteiger partial charge in [-0.1, -0.05) is 38.7 Å². The number of carbonyl (C=O) groups excluding carboxylic acids is 2. The number of piperidine rings is 1. The van der Waals surface area contributed by atoms with Gasteiger partial charge in [-0.15, -0.1) is 0 Å². The van der Waals surface area contributed by atoms with Crippen LogP contribution in [0.5, 0.6) is 11.5 Å². The van der Waals surface area contributed by atoms with E-state index in [1.807, 2.05) is 6.07 Å². The Morgan fingerprint density at radius 1 is 1.19 bits per heavy atom. The first kappa shape index (κ1) is 24.2. The number of esters is 1. The summed E-state index contributed by atoms with van der Waals surface area (Å²) in [6.07, 6.45) is 9.94. The van der Waals surface area contributed by atoms with Gasteiger partial charge in [0.2, 0.25) is 6.79 Å². The van der Waals surface area contributed by atoms with Crippen LogP contribution in [-0.2, 0) is 26.2 Å². The molecule has 0 aromatic heterocycles. The first-order chi connectivity index (χ1) is 17.5. The second kappa shape index (κ2) is 9.32. The van der Waals surface area contributed by atoms with Gasteiger partial charge in [0.05, 0.1) is 11.0 Å². The van der Waals surface area contributed by atoms with E-state index in [0.29, 0.717) is 37.2 Å². The number of ketones is 1. The summed E-state index contributed by atoms with van der Waals surface area (Å²) in [7, 11) is 0. The van der Waals surface area contributed by atoms with Crippen molar-refractivity contribution in [2.24, 2.45) is 5.92 Å². The number of carbonyl (C=O) groups is 2. The standard InChI is InChI=1S/C29H39NO6/c1-2-3-4-5-6-7-24(32)35-18-34-22-11-10-20-16-23-29(33)13-12-21(31)27-28(29,25(20)26(22)36-27)14-15-30(23)17-19-8-9-19/h10-11,19,23,27,33H,2-9,12-18H2,1H3/t23?,27-,28-,29+/m0/s1. The molecule has 5 aliphatic rings. The number of Topliss-reactive ketones (excluding diaryl/α,β-unsaturated/α-hetero) is 1. The van der Waals surface area contributed by atoms with Crippen molar-refractivity contribution in [2.75, 3.05) is 19.9 Å². The molecule has 1 aromatic rings. The number of hydrogen-bond acceptors (Lipinski definition) is 7. The molecule has 7 heteroatoms. The van der Waals surface area contributed by atoms with E-state index in [2.05, 4.69) is 17.9 Å². The van der Waals surface area contributed by atoms with E-state index in [-0.39, 0.29) is 24.6 Å². The lowest BCUT2D eigenvalue weighted by Gasteiger charge is -2.62. The highest BCUT2D eigenvalue weighted by atomic mass is 16.7. The zero-order valence-electron chi connectivity index (χ0n) is 21.4. The molecule has 1 spiro atoms. The summed E-state index contributed by atoms with van der Waals surface area (Å²) in [6, 6.07) is 3.94. The lowest BCUT2D eigenvalue weighted by molar-refractivity contribution is -0.188. The smallest absolute Gasteiger partial charge is 0.308 e. The maximum Gasteiger partial charge on any atom is 0.308 e. The second-order valence-electron chi connectivity index (χ2n) is 11.6. The molecule has 196 valence electrons. The van der Waals surface area contributed by atoms with E-state index in [0.717, 1.165) is 55.8 Å². The molecule has 7 nitrogen and oxygen atoms in total. The molecule has 3 fully saturated rings. The van der Waals surface area contributed by atoms with Crippen LogP contribution >= 0.6 is 0 Å². The summed E-state index contributed by atoms with van der Waals surface area (Å²) in [5.41, 5.74) is 0.406. The van der Waals surface area contributed by atoms with Gasteiger partial charge in [-0.3, -0.25) is 14.5 Å². The van der Waals surface area contributed by atoms with Crippen LogP contribution in [0.4, 0.5) is 0 Å². The number of aliphatic hydroxyl groups is 1. The second-order valence-corrected chi connectivity index (χ2v) is 11.6. The normalized spacial score (nSPS) is 32.1. The minimum atomic E-state index is -0.986. The van der Waals surface area contributed by atoms with E-state index in [4.69, 9.17) is 14.2 Å². The minimum absolute atomic E-state index is 0.00884. The van der Waals surface area contributed by atoms with E-state index in [1.165, 1.54) is 25.7 Å². The van der Waals surface area contributed by atoms with Crippen LogP contribution in [0, 0.1) is 5.92 Å². The summed E-state index contributed by atoms with van der Waals surface area (Å²) < 4.78 is 17.6. The maximum absolute atomic E-state index is 13.2. The molecule has 0 radical (unpaired) electrons. The lowest BCUT2D eigenvalue weighted by atomic mass is 9.49. The van der Waals surface area contributed by atoms with Gasteiger partial charge in [-0.05, 0) is 62.6 Å². The van der Waals surface area contributed by atoms with Crippen LogP contribution in [0.2, 0.25) is 0 Å². The highest BCUT2D eigenvalue weighted by Crippen LogP contribution is 2.65. The Morgan fingerprint density at radius 3 is 2.83 bits per heavy atom. The number of benzene rings is 1. The number of hydrogen-bond donors (Lipinski definition) is 1. The van der Waals surface area contributed by atoms with Crippen LogP contribution in [0.15, 0.2) is 12.1 Å². The predicted molar refractivity (Wildman–Crippen MR) is 133 cm³/mol. The van der Waals surface area contributed by atoms with Gasteiger partial charge in [0.1, 0.15) is 0 Å². The molecule has 36 heavy (non-hydrogen) atoms. The SMILES string of the molecule is CCCCCCCC(=O)OCOc1ccc2c3c1O[C@H]1C(=O)CC[C@@]4(O)C(C2)N(CC2CC2)CC[C@]314. The molecule has 2 bridgehead atoms. The number of nitrogens with zero attached hydrogens (tertiary/aromatic N) is 1. The molecule has 1 saturated heterocycles. The molecule has 2 saturated carbocycles. The Kier molecular flexibility index (Phi) is 6.27. The molecule has 6 rings (SSSR count). The van der Waals surface area contributed by atoms with Crippen molar-refractivity contribution in [3.63, 3.8) is 0 Å². The monoisotopic (exact) mass is 497 g/mol. The lowest BCUT2D eigenvalue weighted by Crippen LogP contribution is -2.76. The molecule has 1 unspecified atom stereocenters. The molecule has 1 N–H and O–H groups in total. The maximum atomic E-state index is 13.2. The van der Waals surface area contributed by atoms with E-state index in [1.54, 1.807) is 0 Å². The van der Waals surface area contributed by atoms with Crippen LogP contribution in [-0.4, -0.2) is 59.4 Å². The fourth-order valence-electron chi connectivity index (χ4n) is 7.47. The molecule has 4 atom stereocenters. The first-order valence-corrected chi connectivity index (χ1v) is 14.1. The summed E-state index contributed by atoms with van der Waals surface area (Å²) in [5, 5.41) is 12.3. The van der Waals surface area contributed by atoms with E-state index >= 15 is 0 Å². The minimum Gasteiger partial charge on any atom is -0.477 e. The number of ether oxygens (including phenoxy) is 3. The van der Waals surface area contributed by atoms with Crippen LogP contribution in [0.25, 0.3) is 0 Å². The summed E-state index contributed by atoms with van der Waals surface area (Å²) in [6.45, 7) is 3.89. The van der Waals surface area contributed by atoms with Gasteiger partial charge in [0.25, 0.3) is 0 Å². The van der Waals surface area contributed by atoms with E-state index in [9.17, 15) is 14.7 Å². The highest BCUT2D eigenvalue weighted by molar-refractivity contribution is 5.90. The van der Waals surface area contributed by atoms with Gasteiger partial charge in [-0.2, -0.15) is 0 Å². The van der Waals surface area contributed by atoms with Gasteiger partial charge < -0.3 is 19.3 Å². The average molecular weight is 498 g/mol. The Balaban J connectivity index is 1.21. The zero-order chi connectivity index (χ0) is 24.9. The average Bonchev–Trinajstić information content (AvgIpc) is 3.60. The quantitative estimate of drug-likeness (QED) is 0.280. The largest absolute Gasteiger partial charge is 0.477 e. The van der Waals surface area contributed by atoms with Crippen LogP contribution in [0.1, 0.15) is 88.7 Å².